The summed E-state index contributed by atoms with van der Waals surface area (Å²) in [6.45, 7) is 0. The van der Waals surface area contributed by atoms with E-state index < -0.39 is 0 Å². The van der Waals surface area contributed by atoms with Crippen LogP contribution in [0.3, 0.4) is 0 Å². The van der Waals surface area contributed by atoms with E-state index in [9.17, 15) is 9.18 Å². The number of hydrogen-bond donors (Lipinski definition) is 1. The Balaban J connectivity index is 1.70. The average molecular weight is 329 g/mol. The predicted molar refractivity (Wildman–Crippen MR) is 89.7 cm³/mol. The highest BCUT2D eigenvalue weighted by molar-refractivity contribution is 6.30. The zero-order chi connectivity index (χ0) is 16.2. The van der Waals surface area contributed by atoms with Crippen LogP contribution in [-0.2, 0) is 11.2 Å². The molecule has 0 aliphatic carbocycles. The number of benzene rings is 2. The van der Waals surface area contributed by atoms with Crippen molar-refractivity contribution >= 4 is 29.4 Å². The standard InChI is InChI=1S/C18H14ClFN2O/c19-14-7-4-13(5-8-14)11-16-18(23)22-17(21-16)9-6-12-2-1-3-15(20)10-12/h1-5,7-8,10-11H,6,9H2,(H,21,22,23)/b16-11+. The summed E-state index contributed by atoms with van der Waals surface area (Å²) in [5.41, 5.74) is 2.09. The molecule has 0 bridgehead atoms. The van der Waals surface area contributed by atoms with E-state index in [0.29, 0.717) is 29.4 Å². The molecule has 0 radical (unpaired) electrons. The summed E-state index contributed by atoms with van der Waals surface area (Å²) in [6, 6.07) is 13.6. The van der Waals surface area contributed by atoms with Crippen molar-refractivity contribution in [1.82, 2.24) is 5.32 Å². The summed E-state index contributed by atoms with van der Waals surface area (Å²) in [7, 11) is 0. The fourth-order valence-corrected chi connectivity index (χ4v) is 2.43. The Morgan fingerprint density at radius 1 is 1.13 bits per heavy atom. The Labute approximate surface area is 138 Å². The van der Waals surface area contributed by atoms with Crippen LogP contribution in [0.15, 0.2) is 59.2 Å². The largest absolute Gasteiger partial charge is 0.309 e. The molecule has 0 saturated heterocycles. The van der Waals surface area contributed by atoms with E-state index in [1.165, 1.54) is 12.1 Å². The minimum absolute atomic E-state index is 0.228. The third kappa shape index (κ3) is 4.05. The Kier molecular flexibility index (Phi) is 4.53. The van der Waals surface area contributed by atoms with E-state index in [-0.39, 0.29) is 11.7 Å². The van der Waals surface area contributed by atoms with Crippen molar-refractivity contribution in [1.29, 1.82) is 0 Å². The molecule has 3 rings (SSSR count). The number of carbonyl (C=O) groups is 1. The molecule has 0 saturated carbocycles. The molecule has 1 N–H and O–H groups in total. The summed E-state index contributed by atoms with van der Waals surface area (Å²) >= 11 is 5.84. The van der Waals surface area contributed by atoms with Gasteiger partial charge in [0, 0.05) is 11.4 Å². The molecule has 0 spiro atoms. The van der Waals surface area contributed by atoms with E-state index in [1.807, 2.05) is 18.2 Å². The molecular formula is C18H14ClFN2O. The van der Waals surface area contributed by atoms with Crippen molar-refractivity contribution < 1.29 is 9.18 Å². The van der Waals surface area contributed by atoms with Crippen molar-refractivity contribution in [2.45, 2.75) is 12.8 Å². The predicted octanol–water partition coefficient (Wildman–Crippen LogP) is 3.98. The number of nitrogens with one attached hydrogen (secondary N) is 1. The highest BCUT2D eigenvalue weighted by Gasteiger charge is 2.19. The van der Waals surface area contributed by atoms with Crippen LogP contribution in [0.2, 0.25) is 5.02 Å². The van der Waals surface area contributed by atoms with Gasteiger partial charge in [-0.25, -0.2) is 9.38 Å². The van der Waals surface area contributed by atoms with Crippen LogP contribution < -0.4 is 5.32 Å². The maximum absolute atomic E-state index is 13.1. The Morgan fingerprint density at radius 2 is 1.91 bits per heavy atom. The fourth-order valence-electron chi connectivity index (χ4n) is 2.31. The van der Waals surface area contributed by atoms with E-state index in [4.69, 9.17) is 11.6 Å². The first-order valence-electron chi connectivity index (χ1n) is 7.21. The summed E-state index contributed by atoms with van der Waals surface area (Å²) in [5.74, 6) is 0.108. The Bertz CT molecular complexity index is 797. The van der Waals surface area contributed by atoms with Crippen LogP contribution in [0.4, 0.5) is 4.39 Å². The minimum Gasteiger partial charge on any atom is -0.309 e. The number of amidine groups is 1. The van der Waals surface area contributed by atoms with Gasteiger partial charge >= 0.3 is 0 Å². The summed E-state index contributed by atoms with van der Waals surface area (Å²) in [6.07, 6.45) is 2.87. The molecule has 0 fully saturated rings. The summed E-state index contributed by atoms with van der Waals surface area (Å²) in [4.78, 5) is 16.3. The maximum atomic E-state index is 13.1. The first-order valence-corrected chi connectivity index (χ1v) is 7.58. The van der Waals surface area contributed by atoms with Gasteiger partial charge in [-0.05, 0) is 47.9 Å². The molecule has 5 heteroatoms. The SMILES string of the molecule is O=C1NC(CCc2cccc(F)c2)=N/C1=C/c1ccc(Cl)cc1. The van der Waals surface area contributed by atoms with Gasteiger partial charge in [-0.15, -0.1) is 0 Å². The van der Waals surface area contributed by atoms with E-state index in [0.717, 1.165) is 11.1 Å². The minimum atomic E-state index is -0.261. The van der Waals surface area contributed by atoms with Gasteiger partial charge in [0.25, 0.3) is 5.91 Å². The van der Waals surface area contributed by atoms with Crippen molar-refractivity contribution in [3.63, 3.8) is 0 Å². The molecule has 2 aromatic rings. The third-order valence-corrected chi connectivity index (χ3v) is 3.71. The lowest BCUT2D eigenvalue weighted by Gasteiger charge is -2.01. The monoisotopic (exact) mass is 328 g/mol. The molecule has 0 aromatic heterocycles. The normalized spacial score (nSPS) is 15.7. The second-order valence-corrected chi connectivity index (χ2v) is 5.66. The first-order chi connectivity index (χ1) is 11.1. The fraction of sp³-hybridized carbons (Fsp3) is 0.111. The van der Waals surface area contributed by atoms with E-state index in [2.05, 4.69) is 10.3 Å². The van der Waals surface area contributed by atoms with E-state index >= 15 is 0 Å². The smallest absolute Gasteiger partial charge is 0.275 e. The molecule has 1 aliphatic rings. The molecule has 116 valence electrons. The number of halogens is 2. The van der Waals surface area contributed by atoms with Gasteiger partial charge in [-0.1, -0.05) is 35.9 Å². The number of aliphatic imine (C=N–C) groups is 1. The molecule has 0 unspecified atom stereocenters. The highest BCUT2D eigenvalue weighted by Crippen LogP contribution is 2.16. The second kappa shape index (κ2) is 6.75. The number of carbonyl (C=O) groups excluding carboxylic acids is 1. The van der Waals surface area contributed by atoms with Crippen LogP contribution in [0.1, 0.15) is 17.5 Å². The number of rotatable bonds is 4. The van der Waals surface area contributed by atoms with Crippen molar-refractivity contribution in [2.24, 2.45) is 4.99 Å². The molecule has 1 heterocycles. The second-order valence-electron chi connectivity index (χ2n) is 5.22. The highest BCUT2D eigenvalue weighted by atomic mass is 35.5. The van der Waals surface area contributed by atoms with Crippen LogP contribution in [0.25, 0.3) is 6.08 Å². The van der Waals surface area contributed by atoms with Crippen LogP contribution in [0, 0.1) is 5.82 Å². The maximum Gasteiger partial charge on any atom is 0.275 e. The molecule has 1 aliphatic heterocycles. The Morgan fingerprint density at radius 3 is 2.65 bits per heavy atom. The van der Waals surface area contributed by atoms with Gasteiger partial charge < -0.3 is 5.32 Å². The van der Waals surface area contributed by atoms with Gasteiger partial charge in [0.15, 0.2) is 0 Å². The quantitative estimate of drug-likeness (QED) is 0.847. The molecule has 0 atom stereocenters. The Hall–Kier alpha value is -2.46. The molecular weight excluding hydrogens is 315 g/mol. The lowest BCUT2D eigenvalue weighted by molar-refractivity contribution is -0.115. The van der Waals surface area contributed by atoms with Crippen molar-refractivity contribution in [2.75, 3.05) is 0 Å². The molecule has 2 aromatic carbocycles. The lowest BCUT2D eigenvalue weighted by Crippen LogP contribution is -2.24. The van der Waals surface area contributed by atoms with Gasteiger partial charge in [0.05, 0.1) is 0 Å². The van der Waals surface area contributed by atoms with Gasteiger partial charge in [0.1, 0.15) is 17.3 Å². The third-order valence-electron chi connectivity index (χ3n) is 3.46. The number of amides is 1. The zero-order valence-corrected chi connectivity index (χ0v) is 13.0. The summed E-state index contributed by atoms with van der Waals surface area (Å²) < 4.78 is 13.1. The van der Waals surface area contributed by atoms with Crippen LogP contribution >= 0.6 is 11.6 Å². The van der Waals surface area contributed by atoms with E-state index in [1.54, 1.807) is 24.3 Å². The number of hydrogen-bond acceptors (Lipinski definition) is 2. The van der Waals surface area contributed by atoms with Gasteiger partial charge in [0.2, 0.25) is 0 Å². The van der Waals surface area contributed by atoms with Gasteiger partial charge in [-0.3, -0.25) is 4.79 Å². The van der Waals surface area contributed by atoms with Crippen molar-refractivity contribution in [3.05, 3.63) is 76.2 Å². The van der Waals surface area contributed by atoms with Crippen molar-refractivity contribution in [3.8, 4) is 0 Å². The molecule has 3 nitrogen and oxygen atoms in total. The average Bonchev–Trinajstić information content (AvgIpc) is 2.88. The lowest BCUT2D eigenvalue weighted by atomic mass is 10.1. The first kappa shape index (κ1) is 15.4. The van der Waals surface area contributed by atoms with Crippen LogP contribution in [0.5, 0.6) is 0 Å². The van der Waals surface area contributed by atoms with Gasteiger partial charge in [-0.2, -0.15) is 0 Å². The topological polar surface area (TPSA) is 41.5 Å². The molecule has 1 amide bonds. The number of nitrogens with zero attached hydrogens (tertiary/aromatic N) is 1. The van der Waals surface area contributed by atoms with Crippen LogP contribution in [-0.4, -0.2) is 11.7 Å². The molecule has 23 heavy (non-hydrogen) atoms. The summed E-state index contributed by atoms with van der Waals surface area (Å²) in [5, 5.41) is 3.38. The zero-order valence-electron chi connectivity index (χ0n) is 12.2. The number of aryl methyl sites for hydroxylation is 1.